The molecule has 1 saturated carbocycles. The van der Waals surface area contributed by atoms with Gasteiger partial charge in [-0.15, -0.1) is 0 Å². The molecule has 0 saturated heterocycles. The van der Waals surface area contributed by atoms with Crippen LogP contribution in [0.4, 0.5) is 4.39 Å². The van der Waals surface area contributed by atoms with Crippen molar-refractivity contribution in [3.05, 3.63) is 48.2 Å². The van der Waals surface area contributed by atoms with Gasteiger partial charge in [-0.1, -0.05) is 71.3 Å². The van der Waals surface area contributed by atoms with Crippen molar-refractivity contribution in [2.24, 2.45) is 5.92 Å². The van der Waals surface area contributed by atoms with Crippen molar-refractivity contribution < 1.29 is 18.7 Å². The van der Waals surface area contributed by atoms with E-state index in [4.69, 9.17) is 14.5 Å². The predicted octanol–water partition coefficient (Wildman–Crippen LogP) is 9.05. The molecule has 1 atom stereocenters. The lowest BCUT2D eigenvalue weighted by atomic mass is 9.88. The molecule has 38 heavy (non-hydrogen) atoms. The number of benzene rings is 1. The maximum atomic E-state index is 13.9. The van der Waals surface area contributed by atoms with E-state index < -0.39 is 12.1 Å². The van der Waals surface area contributed by atoms with Gasteiger partial charge in [-0.05, 0) is 86.8 Å². The number of alkyl halides is 1. The van der Waals surface area contributed by atoms with Crippen LogP contribution in [0.15, 0.2) is 42.6 Å². The molecule has 0 bridgehead atoms. The third kappa shape index (κ3) is 10.7. The molecular weight excluding hydrogens is 477 g/mol. The first-order valence-corrected chi connectivity index (χ1v) is 15.1. The summed E-state index contributed by atoms with van der Waals surface area (Å²) in [5.74, 6) is 0.598. The van der Waals surface area contributed by atoms with Gasteiger partial charge in [0.25, 0.3) is 0 Å². The molecule has 3 rings (SSSR count). The third-order valence-electron chi connectivity index (χ3n) is 7.67. The van der Waals surface area contributed by atoms with Crippen molar-refractivity contribution in [2.75, 3.05) is 6.61 Å². The largest absolute Gasteiger partial charge is 0.493 e. The summed E-state index contributed by atoms with van der Waals surface area (Å²) in [6.07, 6.45) is 16.0. The molecule has 0 unspecified atom stereocenters. The van der Waals surface area contributed by atoms with Crippen molar-refractivity contribution in [1.82, 2.24) is 4.98 Å². The second-order valence-corrected chi connectivity index (χ2v) is 10.9. The average Bonchev–Trinajstić information content (AvgIpc) is 2.95. The van der Waals surface area contributed by atoms with E-state index in [1.54, 1.807) is 0 Å². The Kier molecular flexibility index (Phi) is 13.6. The van der Waals surface area contributed by atoms with Gasteiger partial charge in [0.15, 0.2) is 6.17 Å². The van der Waals surface area contributed by atoms with Crippen LogP contribution in [0.25, 0.3) is 11.3 Å². The lowest BCUT2D eigenvalue weighted by molar-refractivity contribution is -0.157. The minimum atomic E-state index is -1.48. The monoisotopic (exact) mass is 525 g/mol. The van der Waals surface area contributed by atoms with Crippen LogP contribution in [0, 0.1) is 5.92 Å². The molecule has 1 aliphatic carbocycles. The fourth-order valence-electron chi connectivity index (χ4n) is 5.12. The van der Waals surface area contributed by atoms with Gasteiger partial charge in [0, 0.05) is 11.8 Å². The summed E-state index contributed by atoms with van der Waals surface area (Å²) in [6.45, 7) is 4.90. The van der Waals surface area contributed by atoms with Gasteiger partial charge in [0.2, 0.25) is 0 Å². The van der Waals surface area contributed by atoms with Crippen molar-refractivity contribution in [3.8, 4) is 17.0 Å². The number of aryl methyl sites for hydroxylation is 1. The van der Waals surface area contributed by atoms with E-state index in [-0.39, 0.29) is 12.5 Å². The summed E-state index contributed by atoms with van der Waals surface area (Å²) in [6, 6.07) is 12.5. The van der Waals surface area contributed by atoms with Crippen molar-refractivity contribution in [3.63, 3.8) is 0 Å². The van der Waals surface area contributed by atoms with Crippen LogP contribution < -0.4 is 4.74 Å². The number of hydrogen-bond acceptors (Lipinski definition) is 4. The first kappa shape index (κ1) is 30.1. The molecule has 5 heteroatoms. The number of hydrogen-bond donors (Lipinski definition) is 0. The first-order chi connectivity index (χ1) is 18.6. The molecule has 1 aromatic carbocycles. The van der Waals surface area contributed by atoms with Gasteiger partial charge in [-0.3, -0.25) is 4.98 Å². The average molecular weight is 526 g/mol. The van der Waals surface area contributed by atoms with Crippen LogP contribution in [0.2, 0.25) is 0 Å². The summed E-state index contributed by atoms with van der Waals surface area (Å²) in [5, 5.41) is 0. The molecule has 1 aromatic heterocycles. The fourth-order valence-corrected chi connectivity index (χ4v) is 5.12. The first-order valence-electron chi connectivity index (χ1n) is 15.1. The SMILES string of the molecule is CCCCCCCCCc1ccc(-c2ccc(OCC3CCC(OC(=O)[C@@H](F)CCCC)CC3)cc2)nc1. The molecule has 210 valence electrons. The maximum Gasteiger partial charge on any atom is 0.340 e. The Bertz CT molecular complexity index is 907. The summed E-state index contributed by atoms with van der Waals surface area (Å²) in [4.78, 5) is 16.6. The van der Waals surface area contributed by atoms with Gasteiger partial charge in [-0.2, -0.15) is 0 Å². The maximum absolute atomic E-state index is 13.9. The highest BCUT2D eigenvalue weighted by molar-refractivity contribution is 5.74. The normalized spacial score (nSPS) is 18.2. The van der Waals surface area contributed by atoms with Crippen LogP contribution in [-0.2, 0) is 16.0 Å². The van der Waals surface area contributed by atoms with Crippen LogP contribution in [0.5, 0.6) is 5.75 Å². The van der Waals surface area contributed by atoms with Crippen LogP contribution >= 0.6 is 0 Å². The smallest absolute Gasteiger partial charge is 0.340 e. The number of esters is 1. The van der Waals surface area contributed by atoms with E-state index in [1.165, 1.54) is 50.5 Å². The van der Waals surface area contributed by atoms with Gasteiger partial charge < -0.3 is 9.47 Å². The van der Waals surface area contributed by atoms with E-state index in [0.29, 0.717) is 18.9 Å². The van der Waals surface area contributed by atoms with Crippen LogP contribution in [0.3, 0.4) is 0 Å². The molecule has 2 aromatic rings. The van der Waals surface area contributed by atoms with Gasteiger partial charge >= 0.3 is 5.97 Å². The summed E-state index contributed by atoms with van der Waals surface area (Å²) >= 11 is 0. The molecule has 0 amide bonds. The highest BCUT2D eigenvalue weighted by Crippen LogP contribution is 2.28. The second kappa shape index (κ2) is 17.2. The van der Waals surface area contributed by atoms with E-state index in [9.17, 15) is 9.18 Å². The zero-order chi connectivity index (χ0) is 27.0. The Morgan fingerprint density at radius 2 is 1.58 bits per heavy atom. The number of unbranched alkanes of at least 4 members (excludes halogenated alkanes) is 7. The van der Waals surface area contributed by atoms with Gasteiger partial charge in [-0.25, -0.2) is 9.18 Å². The Balaban J connectivity index is 1.33. The zero-order valence-electron chi connectivity index (χ0n) is 23.6. The number of rotatable bonds is 17. The summed E-state index contributed by atoms with van der Waals surface area (Å²) in [7, 11) is 0. The minimum absolute atomic E-state index is 0.160. The Morgan fingerprint density at radius 1 is 0.895 bits per heavy atom. The Morgan fingerprint density at radius 3 is 2.24 bits per heavy atom. The zero-order valence-corrected chi connectivity index (χ0v) is 23.6. The van der Waals surface area contributed by atoms with E-state index >= 15 is 0 Å². The number of carbonyl (C=O) groups is 1. The lowest BCUT2D eigenvalue weighted by Crippen LogP contribution is -2.30. The lowest BCUT2D eigenvalue weighted by Gasteiger charge is -2.28. The van der Waals surface area contributed by atoms with Crippen molar-refractivity contribution in [2.45, 2.75) is 122 Å². The quantitative estimate of drug-likeness (QED) is 0.153. The van der Waals surface area contributed by atoms with E-state index in [0.717, 1.165) is 55.5 Å². The van der Waals surface area contributed by atoms with Crippen molar-refractivity contribution >= 4 is 5.97 Å². The molecule has 0 aliphatic heterocycles. The molecule has 1 fully saturated rings. The third-order valence-corrected chi connectivity index (χ3v) is 7.67. The van der Waals surface area contributed by atoms with Crippen LogP contribution in [-0.4, -0.2) is 29.8 Å². The summed E-state index contributed by atoms with van der Waals surface area (Å²) < 4.78 is 25.3. The van der Waals surface area contributed by atoms with Crippen molar-refractivity contribution in [1.29, 1.82) is 0 Å². The van der Waals surface area contributed by atoms with Gasteiger partial charge in [0.05, 0.1) is 12.3 Å². The molecule has 1 heterocycles. The van der Waals surface area contributed by atoms with Crippen LogP contribution in [0.1, 0.15) is 109 Å². The van der Waals surface area contributed by atoms with Gasteiger partial charge in [0.1, 0.15) is 11.9 Å². The number of ether oxygens (including phenoxy) is 2. The number of pyridine rings is 1. The molecule has 0 radical (unpaired) electrons. The predicted molar refractivity (Wildman–Crippen MR) is 153 cm³/mol. The number of carbonyl (C=O) groups excluding carboxylic acids is 1. The number of aromatic nitrogens is 1. The standard InChI is InChI=1S/C33H48FNO3/c1-3-5-7-8-9-10-11-12-26-16-23-32(35-24-26)28-17-21-29(22-18-28)37-25-27-14-19-30(20-15-27)38-33(36)31(34)13-6-4-2/h16-18,21-24,27,30-31H,3-15,19-20,25H2,1-2H3/t27?,30?,31-/m0/s1. The molecule has 1 aliphatic rings. The van der Waals surface area contributed by atoms with E-state index in [2.05, 4.69) is 31.2 Å². The molecular formula is C33H48FNO3. The molecule has 0 spiro atoms. The highest BCUT2D eigenvalue weighted by atomic mass is 19.1. The summed E-state index contributed by atoms with van der Waals surface area (Å²) in [5.41, 5.74) is 3.39. The Labute approximate surface area is 229 Å². The van der Waals surface area contributed by atoms with E-state index in [1.807, 2.05) is 25.3 Å². The highest BCUT2D eigenvalue weighted by Gasteiger charge is 2.27. The minimum Gasteiger partial charge on any atom is -0.493 e. The number of halogens is 1. The molecule has 4 nitrogen and oxygen atoms in total. The Hall–Kier alpha value is -2.43. The number of nitrogens with zero attached hydrogens (tertiary/aromatic N) is 1. The fraction of sp³-hybridized carbons (Fsp3) is 0.636. The topological polar surface area (TPSA) is 48.4 Å². The second-order valence-electron chi connectivity index (χ2n) is 10.9. The molecule has 0 N–H and O–H groups in total.